The minimum Gasteiger partial charge on any atom is -0.490 e. The minimum atomic E-state index is -1.26. The van der Waals surface area contributed by atoms with Gasteiger partial charge in [0.15, 0.2) is 23.2 Å². The van der Waals surface area contributed by atoms with E-state index in [0.29, 0.717) is 12.0 Å². The van der Waals surface area contributed by atoms with Crippen LogP contribution >= 0.6 is 0 Å². The van der Waals surface area contributed by atoms with Crippen LogP contribution in [0.5, 0.6) is 5.75 Å². The molecule has 0 saturated carbocycles. The average Bonchev–Trinajstić information content (AvgIpc) is 2.75. The van der Waals surface area contributed by atoms with Crippen LogP contribution < -0.4 is 4.74 Å². The molecule has 158 valence electrons. The summed E-state index contributed by atoms with van der Waals surface area (Å²) >= 11 is 0. The van der Waals surface area contributed by atoms with Gasteiger partial charge in [0.25, 0.3) is 0 Å². The van der Waals surface area contributed by atoms with Gasteiger partial charge in [0.05, 0.1) is 6.61 Å². The van der Waals surface area contributed by atoms with Gasteiger partial charge in [0, 0.05) is 16.7 Å². The summed E-state index contributed by atoms with van der Waals surface area (Å²) in [6.45, 7) is 4.26. The van der Waals surface area contributed by atoms with Crippen LogP contribution in [0.25, 0.3) is 22.3 Å². The molecule has 3 rings (SSSR count). The second-order valence-electron chi connectivity index (χ2n) is 7.18. The van der Waals surface area contributed by atoms with Crippen molar-refractivity contribution >= 4 is 0 Å². The summed E-state index contributed by atoms with van der Waals surface area (Å²) in [5, 5.41) is 0. The molecule has 0 aromatic heterocycles. The van der Waals surface area contributed by atoms with Crippen molar-refractivity contribution in [2.45, 2.75) is 39.5 Å². The summed E-state index contributed by atoms with van der Waals surface area (Å²) in [6, 6.07) is 12.3. The molecule has 30 heavy (non-hydrogen) atoms. The van der Waals surface area contributed by atoms with E-state index in [4.69, 9.17) is 4.74 Å². The Morgan fingerprint density at radius 3 is 1.83 bits per heavy atom. The molecule has 0 aliphatic rings. The Bertz CT molecular complexity index is 1010. The fourth-order valence-corrected chi connectivity index (χ4v) is 3.30. The predicted molar refractivity (Wildman–Crippen MR) is 112 cm³/mol. The van der Waals surface area contributed by atoms with Crippen molar-refractivity contribution in [2.24, 2.45) is 0 Å². The number of halogens is 4. The van der Waals surface area contributed by atoms with Crippen molar-refractivity contribution in [1.82, 2.24) is 0 Å². The smallest absolute Gasteiger partial charge is 0.201 e. The van der Waals surface area contributed by atoms with Crippen LogP contribution in [0.2, 0.25) is 0 Å². The van der Waals surface area contributed by atoms with Gasteiger partial charge in [-0.2, -0.15) is 4.39 Å². The van der Waals surface area contributed by atoms with Gasteiger partial charge >= 0.3 is 0 Å². The molecule has 0 atom stereocenters. The Morgan fingerprint density at radius 2 is 1.20 bits per heavy atom. The normalized spacial score (nSPS) is 11.0. The van der Waals surface area contributed by atoms with Gasteiger partial charge < -0.3 is 4.74 Å². The van der Waals surface area contributed by atoms with Gasteiger partial charge in [-0.05, 0) is 36.1 Å². The maximum absolute atomic E-state index is 14.8. The van der Waals surface area contributed by atoms with Crippen LogP contribution in [-0.2, 0) is 6.42 Å². The third kappa shape index (κ3) is 4.50. The highest BCUT2D eigenvalue weighted by Crippen LogP contribution is 2.35. The Morgan fingerprint density at radius 1 is 0.633 bits per heavy atom. The zero-order valence-electron chi connectivity index (χ0n) is 17.1. The molecule has 0 heterocycles. The first kappa shape index (κ1) is 21.9. The lowest BCUT2D eigenvalue weighted by Crippen LogP contribution is -2.02. The van der Waals surface area contributed by atoms with E-state index in [9.17, 15) is 17.6 Å². The lowest BCUT2D eigenvalue weighted by molar-refractivity contribution is 0.289. The van der Waals surface area contributed by atoms with Gasteiger partial charge in [-0.25, -0.2) is 13.2 Å². The SMILES string of the molecule is CCCCOc1ccc(-c2ccc(-c3ccc(CCC)cc3)c(F)c2F)c(F)c1F. The van der Waals surface area contributed by atoms with Crippen LogP contribution in [0.4, 0.5) is 17.6 Å². The molecule has 0 N–H and O–H groups in total. The van der Waals surface area contributed by atoms with Crippen LogP contribution in [0.3, 0.4) is 0 Å². The highest BCUT2D eigenvalue weighted by atomic mass is 19.2. The molecular weight excluding hydrogens is 392 g/mol. The van der Waals surface area contributed by atoms with Gasteiger partial charge in [0.2, 0.25) is 5.82 Å². The third-order valence-corrected chi connectivity index (χ3v) is 4.98. The molecule has 0 saturated heterocycles. The maximum atomic E-state index is 14.8. The lowest BCUT2D eigenvalue weighted by atomic mass is 9.97. The largest absolute Gasteiger partial charge is 0.490 e. The second-order valence-corrected chi connectivity index (χ2v) is 7.18. The molecule has 0 aliphatic heterocycles. The molecule has 0 unspecified atom stereocenters. The van der Waals surface area contributed by atoms with E-state index >= 15 is 0 Å². The lowest BCUT2D eigenvalue weighted by Gasteiger charge is -2.13. The first-order valence-electron chi connectivity index (χ1n) is 10.2. The quantitative estimate of drug-likeness (QED) is 0.270. The number of ether oxygens (including phenoxy) is 1. The molecule has 0 fully saturated rings. The van der Waals surface area contributed by atoms with Crippen molar-refractivity contribution in [3.8, 4) is 28.0 Å². The zero-order valence-corrected chi connectivity index (χ0v) is 17.1. The van der Waals surface area contributed by atoms with E-state index < -0.39 is 23.3 Å². The zero-order chi connectivity index (χ0) is 21.7. The second kappa shape index (κ2) is 9.79. The number of rotatable bonds is 8. The molecular formula is C25H24F4O. The first-order valence-corrected chi connectivity index (χ1v) is 10.2. The topological polar surface area (TPSA) is 9.23 Å². The number of hydrogen-bond acceptors (Lipinski definition) is 1. The summed E-state index contributed by atoms with van der Waals surface area (Å²) in [6.07, 6.45) is 3.44. The van der Waals surface area contributed by atoms with Gasteiger partial charge in [0.1, 0.15) is 0 Å². The van der Waals surface area contributed by atoms with Crippen molar-refractivity contribution in [3.63, 3.8) is 0 Å². The highest BCUT2D eigenvalue weighted by Gasteiger charge is 2.21. The van der Waals surface area contributed by atoms with Gasteiger partial charge in [-0.3, -0.25) is 0 Å². The number of aryl methyl sites for hydroxylation is 1. The van der Waals surface area contributed by atoms with Crippen molar-refractivity contribution in [1.29, 1.82) is 0 Å². The molecule has 0 spiro atoms. The molecule has 0 bridgehead atoms. The monoisotopic (exact) mass is 416 g/mol. The first-order chi connectivity index (χ1) is 14.5. The van der Waals surface area contributed by atoms with E-state index in [1.54, 1.807) is 12.1 Å². The van der Waals surface area contributed by atoms with E-state index in [-0.39, 0.29) is 29.0 Å². The van der Waals surface area contributed by atoms with E-state index in [1.165, 1.54) is 24.3 Å². The fraction of sp³-hybridized carbons (Fsp3) is 0.280. The Kier molecular flexibility index (Phi) is 7.14. The molecule has 5 heteroatoms. The minimum absolute atomic E-state index is 0.0692. The predicted octanol–water partition coefficient (Wildman–Crippen LogP) is 7.71. The Hall–Kier alpha value is -2.82. The summed E-state index contributed by atoms with van der Waals surface area (Å²) in [4.78, 5) is 0. The van der Waals surface area contributed by atoms with E-state index in [0.717, 1.165) is 24.8 Å². The van der Waals surface area contributed by atoms with Crippen LogP contribution in [0.1, 0.15) is 38.7 Å². The Labute approximate surface area is 174 Å². The van der Waals surface area contributed by atoms with Crippen molar-refractivity contribution in [3.05, 3.63) is 77.4 Å². The van der Waals surface area contributed by atoms with E-state index in [2.05, 4.69) is 6.92 Å². The van der Waals surface area contributed by atoms with Crippen molar-refractivity contribution in [2.75, 3.05) is 6.61 Å². The molecule has 3 aromatic carbocycles. The fourth-order valence-electron chi connectivity index (χ4n) is 3.30. The van der Waals surface area contributed by atoms with E-state index in [1.807, 2.05) is 19.1 Å². The summed E-state index contributed by atoms with van der Waals surface area (Å²) in [5.74, 6) is -5.03. The standard InChI is InChI=1S/C25H24F4O/c1-3-5-15-30-21-14-13-20(24(28)25(21)29)19-12-11-18(22(26)23(19)27)17-9-7-16(6-4-2)8-10-17/h7-14H,3-6,15H2,1-2H3. The van der Waals surface area contributed by atoms with Crippen LogP contribution in [0.15, 0.2) is 48.5 Å². The molecule has 1 nitrogen and oxygen atoms in total. The number of unbranched alkanes of at least 4 members (excludes halogenated alkanes) is 1. The van der Waals surface area contributed by atoms with Gasteiger partial charge in [-0.15, -0.1) is 0 Å². The molecule has 0 amide bonds. The van der Waals surface area contributed by atoms with Crippen LogP contribution in [-0.4, -0.2) is 6.61 Å². The summed E-state index contributed by atoms with van der Waals surface area (Å²) < 4.78 is 63.7. The van der Waals surface area contributed by atoms with Crippen molar-refractivity contribution < 1.29 is 22.3 Å². The van der Waals surface area contributed by atoms with Gasteiger partial charge in [-0.1, -0.05) is 63.1 Å². The Balaban J connectivity index is 1.94. The number of benzene rings is 3. The summed E-state index contributed by atoms with van der Waals surface area (Å²) in [7, 11) is 0. The highest BCUT2D eigenvalue weighted by molar-refractivity contribution is 5.72. The molecule has 0 radical (unpaired) electrons. The summed E-state index contributed by atoms with van der Waals surface area (Å²) in [5.41, 5.74) is 1.01. The average molecular weight is 416 g/mol. The molecule has 0 aliphatic carbocycles. The molecule has 3 aromatic rings. The maximum Gasteiger partial charge on any atom is 0.201 e. The third-order valence-electron chi connectivity index (χ3n) is 4.98. The van der Waals surface area contributed by atoms with Crippen LogP contribution in [0, 0.1) is 23.3 Å². The number of hydrogen-bond donors (Lipinski definition) is 0.